The van der Waals surface area contributed by atoms with Crippen molar-refractivity contribution < 1.29 is 14.4 Å². The maximum absolute atomic E-state index is 5.62. The first-order valence-electron chi connectivity index (χ1n) is 7.96. The van der Waals surface area contributed by atoms with Gasteiger partial charge in [-0.25, -0.2) is 0 Å². The highest BCUT2D eigenvalue weighted by Crippen LogP contribution is 2.21. The lowest BCUT2D eigenvalue weighted by molar-refractivity contribution is -0.930. The van der Waals surface area contributed by atoms with Gasteiger partial charge in [-0.05, 0) is 43.4 Å². The standard InChI is InChI=1S/C16H22N4O2S/c1-3-19-15(13-4-6-14(21-2)7-5-13)17-20(16(19)23)12-18-8-10-22-11-9-18/h4-7H,3,8-12H2,1-2H3/p+1. The zero-order chi connectivity index (χ0) is 16.2. The van der Waals surface area contributed by atoms with Gasteiger partial charge < -0.3 is 18.9 Å². The third-order valence-electron chi connectivity index (χ3n) is 4.16. The number of nitrogens with zero attached hydrogens (tertiary/aromatic N) is 3. The Kier molecular flexibility index (Phi) is 5.09. The summed E-state index contributed by atoms with van der Waals surface area (Å²) < 4.78 is 15.4. The average molecular weight is 335 g/mol. The fourth-order valence-corrected chi connectivity index (χ4v) is 3.13. The monoisotopic (exact) mass is 335 g/mol. The molecule has 1 saturated heterocycles. The average Bonchev–Trinajstić information content (AvgIpc) is 2.92. The number of nitrogens with one attached hydrogen (secondary N) is 1. The van der Waals surface area contributed by atoms with Crippen LogP contribution < -0.4 is 9.64 Å². The highest BCUT2D eigenvalue weighted by Gasteiger charge is 2.18. The van der Waals surface area contributed by atoms with Gasteiger partial charge in [0.2, 0.25) is 4.77 Å². The van der Waals surface area contributed by atoms with E-state index in [1.54, 1.807) is 7.11 Å². The smallest absolute Gasteiger partial charge is 0.203 e. The Labute approximate surface area is 141 Å². The molecule has 1 aromatic carbocycles. The van der Waals surface area contributed by atoms with E-state index in [1.807, 2.05) is 28.9 Å². The van der Waals surface area contributed by atoms with Crippen molar-refractivity contribution in [2.75, 3.05) is 33.4 Å². The molecule has 0 radical (unpaired) electrons. The first-order chi connectivity index (χ1) is 11.2. The van der Waals surface area contributed by atoms with E-state index in [4.69, 9.17) is 26.8 Å². The van der Waals surface area contributed by atoms with Gasteiger partial charge in [-0.2, -0.15) is 4.68 Å². The summed E-state index contributed by atoms with van der Waals surface area (Å²) in [5.74, 6) is 1.75. The van der Waals surface area contributed by atoms with Crippen LogP contribution in [-0.4, -0.2) is 47.8 Å². The van der Waals surface area contributed by atoms with Crippen LogP contribution in [0.3, 0.4) is 0 Å². The molecule has 6 nitrogen and oxygen atoms in total. The van der Waals surface area contributed by atoms with Crippen LogP contribution in [0.25, 0.3) is 11.4 Å². The van der Waals surface area contributed by atoms with E-state index < -0.39 is 0 Å². The van der Waals surface area contributed by atoms with E-state index in [1.165, 1.54) is 4.90 Å². The highest BCUT2D eigenvalue weighted by molar-refractivity contribution is 7.71. The Morgan fingerprint density at radius 1 is 1.26 bits per heavy atom. The van der Waals surface area contributed by atoms with Gasteiger partial charge in [0.1, 0.15) is 18.8 Å². The molecule has 7 heteroatoms. The summed E-state index contributed by atoms with van der Waals surface area (Å²) in [5.41, 5.74) is 1.05. The molecule has 2 heterocycles. The van der Waals surface area contributed by atoms with Crippen molar-refractivity contribution in [1.29, 1.82) is 0 Å². The number of aromatic nitrogens is 3. The number of hydrogen-bond acceptors (Lipinski definition) is 4. The summed E-state index contributed by atoms with van der Waals surface area (Å²) in [4.78, 5) is 1.45. The molecule has 0 unspecified atom stereocenters. The van der Waals surface area contributed by atoms with Gasteiger partial charge >= 0.3 is 0 Å². The molecule has 124 valence electrons. The molecule has 0 aliphatic carbocycles. The number of benzene rings is 1. The lowest BCUT2D eigenvalue weighted by Crippen LogP contribution is -3.13. The number of methoxy groups -OCH3 is 1. The molecule has 1 aliphatic rings. The summed E-state index contributed by atoms with van der Waals surface area (Å²) in [5, 5.41) is 4.77. The Balaban J connectivity index is 1.90. The molecular formula is C16H23N4O2S+. The highest BCUT2D eigenvalue weighted by atomic mass is 32.1. The van der Waals surface area contributed by atoms with Gasteiger partial charge in [-0.1, -0.05) is 0 Å². The zero-order valence-electron chi connectivity index (χ0n) is 13.6. The lowest BCUT2D eigenvalue weighted by Gasteiger charge is -2.23. The number of morpholine rings is 1. The topological polar surface area (TPSA) is 45.7 Å². The minimum atomic E-state index is 0.775. The van der Waals surface area contributed by atoms with E-state index in [2.05, 4.69) is 11.5 Å². The van der Waals surface area contributed by atoms with Crippen LogP contribution in [0.1, 0.15) is 6.92 Å². The Hall–Kier alpha value is -1.70. The van der Waals surface area contributed by atoms with Crippen molar-refractivity contribution in [3.63, 3.8) is 0 Å². The SMILES string of the molecule is CCn1c(-c2ccc(OC)cc2)nn(C[NH+]2CCOCC2)c1=S. The molecule has 1 aliphatic heterocycles. The molecular weight excluding hydrogens is 312 g/mol. The Bertz CT molecular complexity index is 702. The molecule has 0 spiro atoms. The van der Waals surface area contributed by atoms with Crippen molar-refractivity contribution >= 4 is 12.2 Å². The normalized spacial score (nSPS) is 15.7. The van der Waals surface area contributed by atoms with Crippen molar-refractivity contribution in [2.45, 2.75) is 20.1 Å². The molecule has 2 aromatic rings. The number of quaternary nitrogens is 1. The first-order valence-corrected chi connectivity index (χ1v) is 8.37. The van der Waals surface area contributed by atoms with Crippen molar-refractivity contribution in [3.8, 4) is 17.1 Å². The maximum Gasteiger partial charge on any atom is 0.203 e. The van der Waals surface area contributed by atoms with Crippen LogP contribution in [0.4, 0.5) is 0 Å². The molecule has 0 atom stereocenters. The van der Waals surface area contributed by atoms with Crippen LogP contribution in [0.2, 0.25) is 0 Å². The summed E-state index contributed by atoms with van der Waals surface area (Å²) in [6.07, 6.45) is 0. The Morgan fingerprint density at radius 3 is 2.57 bits per heavy atom. The fourth-order valence-electron chi connectivity index (χ4n) is 2.81. The van der Waals surface area contributed by atoms with Gasteiger partial charge in [0, 0.05) is 12.1 Å². The van der Waals surface area contributed by atoms with E-state index in [-0.39, 0.29) is 0 Å². The van der Waals surface area contributed by atoms with Crippen LogP contribution in [0.15, 0.2) is 24.3 Å². The van der Waals surface area contributed by atoms with E-state index in [9.17, 15) is 0 Å². The van der Waals surface area contributed by atoms with Crippen molar-refractivity contribution in [3.05, 3.63) is 29.0 Å². The maximum atomic E-state index is 5.62. The molecule has 1 N–H and O–H groups in total. The van der Waals surface area contributed by atoms with E-state index >= 15 is 0 Å². The predicted molar refractivity (Wildman–Crippen MR) is 90.2 cm³/mol. The molecule has 1 fully saturated rings. The number of hydrogen-bond donors (Lipinski definition) is 1. The van der Waals surface area contributed by atoms with Crippen LogP contribution in [0.5, 0.6) is 5.75 Å². The molecule has 23 heavy (non-hydrogen) atoms. The van der Waals surface area contributed by atoms with Crippen LogP contribution >= 0.6 is 12.2 Å². The number of rotatable bonds is 5. The van der Waals surface area contributed by atoms with E-state index in [0.29, 0.717) is 0 Å². The minimum absolute atomic E-state index is 0.775. The van der Waals surface area contributed by atoms with Gasteiger partial charge in [0.25, 0.3) is 0 Å². The van der Waals surface area contributed by atoms with Crippen LogP contribution in [0, 0.1) is 4.77 Å². The second kappa shape index (κ2) is 7.25. The quantitative estimate of drug-likeness (QED) is 0.828. The Morgan fingerprint density at radius 2 is 1.96 bits per heavy atom. The van der Waals surface area contributed by atoms with Gasteiger partial charge in [-0.3, -0.25) is 0 Å². The summed E-state index contributed by atoms with van der Waals surface area (Å²) in [7, 11) is 1.67. The van der Waals surface area contributed by atoms with E-state index in [0.717, 1.165) is 61.4 Å². The molecule has 3 rings (SSSR count). The third-order valence-corrected chi connectivity index (χ3v) is 4.59. The molecule has 0 saturated carbocycles. The van der Waals surface area contributed by atoms with Gasteiger partial charge in [0.05, 0.1) is 20.3 Å². The lowest BCUT2D eigenvalue weighted by atomic mass is 10.2. The second-order valence-corrected chi connectivity index (χ2v) is 5.96. The minimum Gasteiger partial charge on any atom is -0.497 e. The summed E-state index contributed by atoms with van der Waals surface area (Å²) in [6.45, 7) is 7.30. The third kappa shape index (κ3) is 3.46. The predicted octanol–water partition coefficient (Wildman–Crippen LogP) is 0.982. The van der Waals surface area contributed by atoms with Crippen LogP contribution in [-0.2, 0) is 18.0 Å². The zero-order valence-corrected chi connectivity index (χ0v) is 14.4. The molecule has 0 bridgehead atoms. The van der Waals surface area contributed by atoms with Gasteiger partial charge in [0.15, 0.2) is 12.5 Å². The molecule has 1 aromatic heterocycles. The first kappa shape index (κ1) is 16.2. The molecule has 0 amide bonds. The van der Waals surface area contributed by atoms with Crippen molar-refractivity contribution in [1.82, 2.24) is 14.3 Å². The van der Waals surface area contributed by atoms with Gasteiger partial charge in [-0.15, -0.1) is 5.10 Å². The van der Waals surface area contributed by atoms with Crippen molar-refractivity contribution in [2.24, 2.45) is 0 Å². The second-order valence-electron chi connectivity index (χ2n) is 5.60. The summed E-state index contributed by atoms with van der Waals surface area (Å²) in [6, 6.07) is 7.94. The largest absolute Gasteiger partial charge is 0.497 e. The fraction of sp³-hybridized carbons (Fsp3) is 0.500. The summed E-state index contributed by atoms with van der Waals surface area (Å²) >= 11 is 5.62. The number of ether oxygens (including phenoxy) is 2.